The molecule has 6 nitrogen and oxygen atoms in total. The molecule has 6 heteroatoms. The van der Waals surface area contributed by atoms with Crippen molar-refractivity contribution in [3.05, 3.63) is 71.6 Å². The summed E-state index contributed by atoms with van der Waals surface area (Å²) in [5.74, 6) is 0.184. The van der Waals surface area contributed by atoms with Crippen molar-refractivity contribution in [2.24, 2.45) is 0 Å². The predicted molar refractivity (Wildman–Crippen MR) is 101 cm³/mol. The molecule has 0 aliphatic carbocycles. The average Bonchev–Trinajstić information content (AvgIpc) is 3.03. The summed E-state index contributed by atoms with van der Waals surface area (Å²) in [7, 11) is 0. The van der Waals surface area contributed by atoms with E-state index >= 15 is 0 Å². The predicted octanol–water partition coefficient (Wildman–Crippen LogP) is 4.01. The number of carbonyl (C=O) groups excluding carboxylic acids is 2. The maximum atomic E-state index is 12.5. The third-order valence-electron chi connectivity index (χ3n) is 3.93. The molecule has 0 aliphatic heterocycles. The van der Waals surface area contributed by atoms with E-state index in [1.165, 1.54) is 0 Å². The Hall–Kier alpha value is -3.41. The van der Waals surface area contributed by atoms with Gasteiger partial charge in [-0.1, -0.05) is 30.3 Å². The second kappa shape index (κ2) is 8.31. The quantitative estimate of drug-likeness (QED) is 0.669. The van der Waals surface area contributed by atoms with Gasteiger partial charge in [0.05, 0.1) is 30.0 Å². The van der Waals surface area contributed by atoms with Crippen LogP contribution in [0.25, 0.3) is 11.5 Å². The van der Waals surface area contributed by atoms with E-state index in [1.807, 2.05) is 30.3 Å². The molecule has 27 heavy (non-hydrogen) atoms. The summed E-state index contributed by atoms with van der Waals surface area (Å²) in [6.45, 7) is 3.79. The number of benzene rings is 2. The van der Waals surface area contributed by atoms with Crippen molar-refractivity contribution >= 4 is 17.6 Å². The number of esters is 1. The monoisotopic (exact) mass is 364 g/mol. The number of hydrogen-bond acceptors (Lipinski definition) is 5. The number of nitrogens with zero attached hydrogens (tertiary/aromatic N) is 1. The van der Waals surface area contributed by atoms with E-state index in [1.54, 1.807) is 38.1 Å². The fourth-order valence-electron chi connectivity index (χ4n) is 2.62. The number of carbonyl (C=O) groups is 2. The fourth-order valence-corrected chi connectivity index (χ4v) is 2.62. The first-order chi connectivity index (χ1) is 13.1. The van der Waals surface area contributed by atoms with Gasteiger partial charge in [0, 0.05) is 5.56 Å². The summed E-state index contributed by atoms with van der Waals surface area (Å²) in [4.78, 5) is 28.9. The molecule has 0 atom stereocenters. The van der Waals surface area contributed by atoms with Crippen molar-refractivity contribution in [2.75, 3.05) is 11.9 Å². The molecule has 0 saturated heterocycles. The Kier molecular flexibility index (Phi) is 5.66. The Balaban J connectivity index is 1.74. The van der Waals surface area contributed by atoms with Gasteiger partial charge in [0.2, 0.25) is 11.8 Å². The van der Waals surface area contributed by atoms with Crippen LogP contribution < -0.4 is 5.32 Å². The van der Waals surface area contributed by atoms with E-state index in [9.17, 15) is 9.59 Å². The van der Waals surface area contributed by atoms with Crippen molar-refractivity contribution < 1.29 is 18.7 Å². The van der Waals surface area contributed by atoms with Crippen LogP contribution in [0.1, 0.15) is 28.7 Å². The van der Waals surface area contributed by atoms with Gasteiger partial charge in [0.1, 0.15) is 5.76 Å². The Morgan fingerprint density at radius 1 is 1.07 bits per heavy atom. The lowest BCUT2D eigenvalue weighted by Gasteiger charge is -2.09. The van der Waals surface area contributed by atoms with Crippen molar-refractivity contribution in [3.63, 3.8) is 0 Å². The van der Waals surface area contributed by atoms with Crippen LogP contribution in [0.4, 0.5) is 5.69 Å². The van der Waals surface area contributed by atoms with Gasteiger partial charge >= 0.3 is 5.97 Å². The number of aryl methyl sites for hydroxylation is 1. The highest BCUT2D eigenvalue weighted by Gasteiger charge is 2.17. The summed E-state index contributed by atoms with van der Waals surface area (Å²) in [5.41, 5.74) is 2.22. The summed E-state index contributed by atoms with van der Waals surface area (Å²) in [5, 5.41) is 2.75. The molecule has 0 saturated carbocycles. The van der Waals surface area contributed by atoms with Gasteiger partial charge in [-0.15, -0.1) is 0 Å². The number of amides is 1. The van der Waals surface area contributed by atoms with Crippen LogP contribution in [0.15, 0.2) is 59.0 Å². The van der Waals surface area contributed by atoms with Crippen LogP contribution in [0, 0.1) is 6.92 Å². The molecule has 1 amide bonds. The van der Waals surface area contributed by atoms with Crippen LogP contribution in [-0.4, -0.2) is 23.5 Å². The molecule has 0 aliphatic rings. The molecule has 2 aromatic carbocycles. The highest BCUT2D eigenvalue weighted by atomic mass is 16.5. The van der Waals surface area contributed by atoms with Crippen LogP contribution in [0.2, 0.25) is 0 Å². The van der Waals surface area contributed by atoms with Crippen molar-refractivity contribution in [3.8, 4) is 11.5 Å². The number of anilines is 1. The molecule has 138 valence electrons. The highest BCUT2D eigenvalue weighted by molar-refractivity contribution is 6.01. The van der Waals surface area contributed by atoms with Crippen LogP contribution in [0.3, 0.4) is 0 Å². The molecule has 0 spiro atoms. The van der Waals surface area contributed by atoms with Crippen LogP contribution in [-0.2, 0) is 16.0 Å². The van der Waals surface area contributed by atoms with Crippen molar-refractivity contribution in [1.29, 1.82) is 0 Å². The van der Waals surface area contributed by atoms with E-state index in [2.05, 4.69) is 10.3 Å². The molecule has 1 heterocycles. The Labute approximate surface area is 157 Å². The van der Waals surface area contributed by atoms with Gasteiger partial charge in [0.25, 0.3) is 0 Å². The van der Waals surface area contributed by atoms with Crippen molar-refractivity contribution in [1.82, 2.24) is 4.98 Å². The standard InChI is InChI=1S/C21H20N2O4/c1-3-26-21(25)16-11-7-8-12-17(16)23-19(24)13-18-14(2)22-20(27-18)15-9-5-4-6-10-15/h4-12H,3,13H2,1-2H3,(H,23,24). The van der Waals surface area contributed by atoms with E-state index in [4.69, 9.17) is 9.15 Å². The number of para-hydroxylation sites is 1. The summed E-state index contributed by atoms with van der Waals surface area (Å²) >= 11 is 0. The fraction of sp³-hybridized carbons (Fsp3) is 0.190. The van der Waals surface area contributed by atoms with Gasteiger partial charge in [-0.2, -0.15) is 0 Å². The lowest BCUT2D eigenvalue weighted by atomic mass is 10.1. The molecule has 0 bridgehead atoms. The molecule has 0 unspecified atom stereocenters. The first-order valence-corrected chi connectivity index (χ1v) is 8.66. The number of hydrogen-bond donors (Lipinski definition) is 1. The van der Waals surface area contributed by atoms with Crippen LogP contribution >= 0.6 is 0 Å². The maximum Gasteiger partial charge on any atom is 0.340 e. The Morgan fingerprint density at radius 3 is 2.52 bits per heavy atom. The molecule has 1 N–H and O–H groups in total. The third-order valence-corrected chi connectivity index (χ3v) is 3.93. The molecule has 3 rings (SSSR count). The zero-order valence-corrected chi connectivity index (χ0v) is 15.2. The number of oxazole rings is 1. The summed E-state index contributed by atoms with van der Waals surface area (Å²) < 4.78 is 10.8. The Morgan fingerprint density at radius 2 is 1.78 bits per heavy atom. The average molecular weight is 364 g/mol. The van der Waals surface area contributed by atoms with E-state index in [0.29, 0.717) is 28.6 Å². The smallest absolute Gasteiger partial charge is 0.340 e. The molecule has 0 radical (unpaired) electrons. The summed E-state index contributed by atoms with van der Waals surface area (Å²) in [6, 6.07) is 16.2. The van der Waals surface area contributed by atoms with E-state index in [0.717, 1.165) is 5.56 Å². The number of aromatic nitrogens is 1. The molecule has 3 aromatic rings. The molecular weight excluding hydrogens is 344 g/mol. The first-order valence-electron chi connectivity index (χ1n) is 8.66. The number of rotatable bonds is 6. The molecular formula is C21H20N2O4. The normalized spacial score (nSPS) is 10.4. The van der Waals surface area contributed by atoms with E-state index < -0.39 is 5.97 Å². The Bertz CT molecular complexity index is 948. The first kappa shape index (κ1) is 18.4. The topological polar surface area (TPSA) is 81.4 Å². The van der Waals surface area contributed by atoms with Crippen LogP contribution in [0.5, 0.6) is 0 Å². The van der Waals surface area contributed by atoms with E-state index in [-0.39, 0.29) is 18.9 Å². The van der Waals surface area contributed by atoms with Gasteiger partial charge in [-0.25, -0.2) is 9.78 Å². The largest absolute Gasteiger partial charge is 0.462 e. The van der Waals surface area contributed by atoms with Gasteiger partial charge in [-0.3, -0.25) is 4.79 Å². The lowest BCUT2D eigenvalue weighted by molar-refractivity contribution is -0.115. The lowest BCUT2D eigenvalue weighted by Crippen LogP contribution is -2.17. The maximum absolute atomic E-state index is 12.5. The highest BCUT2D eigenvalue weighted by Crippen LogP contribution is 2.22. The second-order valence-electron chi connectivity index (χ2n) is 5.88. The number of ether oxygens (including phenoxy) is 1. The summed E-state index contributed by atoms with van der Waals surface area (Å²) in [6.07, 6.45) is 0.0167. The third kappa shape index (κ3) is 4.41. The van der Waals surface area contributed by atoms with Crippen molar-refractivity contribution in [2.45, 2.75) is 20.3 Å². The number of nitrogens with one attached hydrogen (secondary N) is 1. The molecule has 0 fully saturated rings. The van der Waals surface area contributed by atoms with Gasteiger partial charge in [0.15, 0.2) is 0 Å². The zero-order chi connectivity index (χ0) is 19.2. The zero-order valence-electron chi connectivity index (χ0n) is 15.2. The minimum Gasteiger partial charge on any atom is -0.462 e. The minimum absolute atomic E-state index is 0.0167. The molecule has 1 aromatic heterocycles. The van der Waals surface area contributed by atoms with Gasteiger partial charge < -0.3 is 14.5 Å². The minimum atomic E-state index is -0.476. The van der Waals surface area contributed by atoms with Gasteiger partial charge in [-0.05, 0) is 38.1 Å². The SMILES string of the molecule is CCOC(=O)c1ccccc1NC(=O)Cc1oc(-c2ccccc2)nc1C. The second-order valence-corrected chi connectivity index (χ2v) is 5.88.